The van der Waals surface area contributed by atoms with Crippen LogP contribution in [-0.2, 0) is 4.74 Å². The number of methoxy groups -OCH3 is 1. The van der Waals surface area contributed by atoms with Crippen LogP contribution in [0.15, 0.2) is 24.3 Å². The Morgan fingerprint density at radius 1 is 1.41 bits per heavy atom. The molecule has 1 aromatic rings. The van der Waals surface area contributed by atoms with Crippen LogP contribution in [0.4, 0.5) is 4.79 Å². The van der Waals surface area contributed by atoms with Gasteiger partial charge in [0.05, 0.1) is 6.04 Å². The molecule has 5 heteroatoms. The molecular weight excluding hydrogens is 300 g/mol. The number of amides is 2. The van der Waals surface area contributed by atoms with E-state index in [9.17, 15) is 4.79 Å². The van der Waals surface area contributed by atoms with Gasteiger partial charge >= 0.3 is 6.03 Å². The summed E-state index contributed by atoms with van der Waals surface area (Å²) >= 11 is 6.18. The summed E-state index contributed by atoms with van der Waals surface area (Å²) < 4.78 is 5.13. The molecular formula is C17H25ClN2O2. The van der Waals surface area contributed by atoms with Gasteiger partial charge < -0.3 is 15.0 Å². The number of carbonyl (C=O) groups is 1. The number of rotatable bonds is 5. The molecule has 1 atom stereocenters. The predicted octanol–water partition coefficient (Wildman–Crippen LogP) is 3.86. The molecule has 0 saturated carbocycles. The number of ether oxygens (including phenoxy) is 1. The summed E-state index contributed by atoms with van der Waals surface area (Å²) in [6, 6.07) is 7.53. The third-order valence-electron chi connectivity index (χ3n) is 4.34. The molecule has 1 heterocycles. The fraction of sp³-hybridized carbons (Fsp3) is 0.588. The molecule has 0 bridgehead atoms. The van der Waals surface area contributed by atoms with Gasteiger partial charge in [0.2, 0.25) is 0 Å². The van der Waals surface area contributed by atoms with E-state index in [0.717, 1.165) is 44.5 Å². The number of carbonyl (C=O) groups excluding carboxylic acids is 1. The lowest BCUT2D eigenvalue weighted by atomic mass is 9.94. The van der Waals surface area contributed by atoms with Gasteiger partial charge in [-0.15, -0.1) is 0 Å². The molecule has 22 heavy (non-hydrogen) atoms. The van der Waals surface area contributed by atoms with Crippen LogP contribution < -0.4 is 5.32 Å². The Hall–Kier alpha value is -1.26. The Labute approximate surface area is 137 Å². The van der Waals surface area contributed by atoms with Crippen molar-refractivity contribution in [3.63, 3.8) is 0 Å². The maximum Gasteiger partial charge on any atom is 0.317 e. The highest BCUT2D eigenvalue weighted by Crippen LogP contribution is 2.24. The number of hydrogen-bond acceptors (Lipinski definition) is 2. The first kappa shape index (κ1) is 17.1. The maximum absolute atomic E-state index is 12.4. The standard InChI is InChI=1S/C17H25ClN2O2/c1-13(15-5-3-4-6-16(15)18)19-17(21)20-10-7-14(8-11-20)9-12-22-2/h3-6,13-14H,7-12H2,1-2H3,(H,19,21)/t13-/m1/s1. The average Bonchev–Trinajstić information content (AvgIpc) is 2.53. The van der Waals surface area contributed by atoms with Crippen molar-refractivity contribution in [2.24, 2.45) is 5.92 Å². The zero-order valence-electron chi connectivity index (χ0n) is 13.3. The zero-order valence-corrected chi connectivity index (χ0v) is 14.1. The van der Waals surface area contributed by atoms with Crippen molar-refractivity contribution in [1.29, 1.82) is 0 Å². The third kappa shape index (κ3) is 4.62. The van der Waals surface area contributed by atoms with E-state index < -0.39 is 0 Å². The highest BCUT2D eigenvalue weighted by molar-refractivity contribution is 6.31. The Bertz CT molecular complexity index is 487. The van der Waals surface area contributed by atoms with E-state index in [1.165, 1.54) is 0 Å². The average molecular weight is 325 g/mol. The van der Waals surface area contributed by atoms with Crippen molar-refractivity contribution in [2.75, 3.05) is 26.8 Å². The molecule has 1 N–H and O–H groups in total. The molecule has 0 aromatic heterocycles. The van der Waals surface area contributed by atoms with Gasteiger partial charge in [0.1, 0.15) is 0 Å². The van der Waals surface area contributed by atoms with E-state index in [2.05, 4.69) is 5.32 Å². The summed E-state index contributed by atoms with van der Waals surface area (Å²) in [4.78, 5) is 14.3. The van der Waals surface area contributed by atoms with Gasteiger partial charge in [0.15, 0.2) is 0 Å². The van der Waals surface area contributed by atoms with Crippen LogP contribution in [0.25, 0.3) is 0 Å². The van der Waals surface area contributed by atoms with Crippen LogP contribution in [-0.4, -0.2) is 37.7 Å². The van der Waals surface area contributed by atoms with Gasteiger partial charge in [-0.3, -0.25) is 0 Å². The second-order valence-corrected chi connectivity index (χ2v) is 6.31. The lowest BCUT2D eigenvalue weighted by Gasteiger charge is -2.33. The Morgan fingerprint density at radius 3 is 2.73 bits per heavy atom. The normalized spacial score (nSPS) is 17.3. The second-order valence-electron chi connectivity index (χ2n) is 5.90. The van der Waals surface area contributed by atoms with Gasteiger partial charge in [-0.1, -0.05) is 29.8 Å². The summed E-state index contributed by atoms with van der Waals surface area (Å²) in [5, 5.41) is 3.73. The van der Waals surface area contributed by atoms with Gasteiger partial charge in [-0.05, 0) is 43.7 Å². The van der Waals surface area contributed by atoms with Crippen molar-refractivity contribution in [2.45, 2.75) is 32.2 Å². The second kappa shape index (κ2) is 8.39. The molecule has 1 aliphatic heterocycles. The molecule has 2 rings (SSSR count). The van der Waals surface area contributed by atoms with E-state index in [4.69, 9.17) is 16.3 Å². The van der Waals surface area contributed by atoms with Crippen molar-refractivity contribution < 1.29 is 9.53 Å². The number of hydrogen-bond donors (Lipinski definition) is 1. The molecule has 1 aliphatic rings. The molecule has 0 radical (unpaired) electrons. The van der Waals surface area contributed by atoms with Gasteiger partial charge in [0.25, 0.3) is 0 Å². The predicted molar refractivity (Wildman–Crippen MR) is 89.2 cm³/mol. The first-order valence-corrected chi connectivity index (χ1v) is 8.28. The van der Waals surface area contributed by atoms with Crippen LogP contribution in [0, 0.1) is 5.92 Å². The molecule has 0 aliphatic carbocycles. The van der Waals surface area contributed by atoms with Crippen LogP contribution in [0.3, 0.4) is 0 Å². The van der Waals surface area contributed by atoms with Crippen molar-refractivity contribution in [1.82, 2.24) is 10.2 Å². The Balaban J connectivity index is 1.82. The fourth-order valence-corrected chi connectivity index (χ4v) is 3.19. The van der Waals surface area contributed by atoms with Gasteiger partial charge in [-0.25, -0.2) is 4.79 Å². The number of halogens is 1. The number of piperidine rings is 1. The molecule has 2 amide bonds. The molecule has 1 saturated heterocycles. The summed E-state index contributed by atoms with van der Waals surface area (Å²) in [5.74, 6) is 0.671. The molecule has 1 aromatic carbocycles. The third-order valence-corrected chi connectivity index (χ3v) is 4.69. The van der Waals surface area contributed by atoms with Crippen molar-refractivity contribution in [3.8, 4) is 0 Å². The van der Waals surface area contributed by atoms with Crippen molar-refractivity contribution in [3.05, 3.63) is 34.9 Å². The number of nitrogens with one attached hydrogen (secondary N) is 1. The monoisotopic (exact) mass is 324 g/mol. The van der Waals surface area contributed by atoms with Gasteiger partial charge in [-0.2, -0.15) is 0 Å². The fourth-order valence-electron chi connectivity index (χ4n) is 2.89. The Morgan fingerprint density at radius 2 is 2.09 bits per heavy atom. The number of likely N-dealkylation sites (tertiary alicyclic amines) is 1. The largest absolute Gasteiger partial charge is 0.385 e. The van der Waals surface area contributed by atoms with E-state index in [1.54, 1.807) is 7.11 Å². The zero-order chi connectivity index (χ0) is 15.9. The minimum atomic E-state index is -0.0904. The van der Waals surface area contributed by atoms with Crippen LogP contribution in [0.1, 0.15) is 37.8 Å². The topological polar surface area (TPSA) is 41.6 Å². The van der Waals surface area contributed by atoms with E-state index in [1.807, 2.05) is 36.1 Å². The van der Waals surface area contributed by atoms with Crippen LogP contribution in [0.5, 0.6) is 0 Å². The summed E-state index contributed by atoms with van der Waals surface area (Å²) in [7, 11) is 1.73. The van der Waals surface area contributed by atoms with Crippen LogP contribution in [0.2, 0.25) is 5.02 Å². The van der Waals surface area contributed by atoms with E-state index in [0.29, 0.717) is 10.9 Å². The van der Waals surface area contributed by atoms with E-state index in [-0.39, 0.29) is 12.1 Å². The minimum absolute atomic E-state index is 0.00221. The lowest BCUT2D eigenvalue weighted by Crippen LogP contribution is -2.45. The van der Waals surface area contributed by atoms with Crippen molar-refractivity contribution >= 4 is 17.6 Å². The molecule has 4 nitrogen and oxygen atoms in total. The quantitative estimate of drug-likeness (QED) is 0.893. The number of benzene rings is 1. The lowest BCUT2D eigenvalue weighted by molar-refractivity contribution is 0.138. The highest BCUT2D eigenvalue weighted by atomic mass is 35.5. The first-order chi connectivity index (χ1) is 10.6. The Kier molecular flexibility index (Phi) is 6.52. The van der Waals surface area contributed by atoms with Crippen LogP contribution >= 0.6 is 11.6 Å². The maximum atomic E-state index is 12.4. The summed E-state index contributed by atoms with van der Waals surface area (Å²) in [5.41, 5.74) is 0.951. The first-order valence-electron chi connectivity index (χ1n) is 7.90. The SMILES string of the molecule is COCCC1CCN(C(=O)N[C@H](C)c2ccccc2Cl)CC1. The van der Waals surface area contributed by atoms with Gasteiger partial charge in [0, 0.05) is 31.8 Å². The molecule has 0 spiro atoms. The minimum Gasteiger partial charge on any atom is -0.385 e. The number of urea groups is 1. The highest BCUT2D eigenvalue weighted by Gasteiger charge is 2.23. The molecule has 122 valence electrons. The smallest absolute Gasteiger partial charge is 0.317 e. The number of nitrogens with zero attached hydrogens (tertiary/aromatic N) is 1. The van der Waals surface area contributed by atoms with E-state index >= 15 is 0 Å². The summed E-state index contributed by atoms with van der Waals surface area (Å²) in [6.45, 7) is 4.40. The summed E-state index contributed by atoms with van der Waals surface area (Å²) in [6.07, 6.45) is 3.19. The molecule has 1 fully saturated rings. The molecule has 0 unspecified atom stereocenters.